The van der Waals surface area contributed by atoms with Gasteiger partial charge in [0, 0.05) is 36.5 Å². The topological polar surface area (TPSA) is 53.7 Å². The van der Waals surface area contributed by atoms with E-state index in [0.717, 1.165) is 22.1 Å². The van der Waals surface area contributed by atoms with Crippen LogP contribution in [0.1, 0.15) is 27.2 Å². The Bertz CT molecular complexity index is 967. The van der Waals surface area contributed by atoms with Crippen molar-refractivity contribution in [3.8, 4) is 0 Å². The maximum atomic E-state index is 13.0. The molecule has 128 valence electrons. The number of nitrogens with zero attached hydrogens (tertiary/aromatic N) is 5. The standard InChI is InChI=1S/C18H18IN5O/c1-12-4-3-5-14-6-7-24(22(2)17(12)14)18(25)15-8-16-20-10-13(9-19)11-23(16)21-15/h3-5,8,10-11H,6-7,9H2,1-2H3. The summed E-state index contributed by atoms with van der Waals surface area (Å²) in [5.74, 6) is -0.0991. The summed E-state index contributed by atoms with van der Waals surface area (Å²) in [6, 6.07) is 8.02. The minimum atomic E-state index is -0.0991. The monoisotopic (exact) mass is 447 g/mol. The molecule has 25 heavy (non-hydrogen) atoms. The van der Waals surface area contributed by atoms with E-state index in [1.807, 2.05) is 24.5 Å². The van der Waals surface area contributed by atoms with Crippen molar-refractivity contribution in [2.45, 2.75) is 17.8 Å². The fourth-order valence-corrected chi connectivity index (χ4v) is 3.73. The van der Waals surface area contributed by atoms with Crippen LogP contribution in [-0.4, -0.2) is 39.1 Å². The molecule has 0 radical (unpaired) electrons. The maximum absolute atomic E-state index is 13.0. The van der Waals surface area contributed by atoms with Crippen LogP contribution in [0, 0.1) is 6.92 Å². The van der Waals surface area contributed by atoms with Gasteiger partial charge in [-0.1, -0.05) is 40.8 Å². The number of rotatable bonds is 2. The Morgan fingerprint density at radius 1 is 1.36 bits per heavy atom. The molecule has 3 heterocycles. The van der Waals surface area contributed by atoms with Crippen molar-refractivity contribution < 1.29 is 4.79 Å². The van der Waals surface area contributed by atoms with E-state index in [2.05, 4.69) is 57.8 Å². The highest BCUT2D eigenvalue weighted by Crippen LogP contribution is 2.30. The fourth-order valence-electron chi connectivity index (χ4n) is 3.34. The van der Waals surface area contributed by atoms with E-state index >= 15 is 0 Å². The molecule has 1 aromatic carbocycles. The molecule has 0 saturated heterocycles. The first-order valence-corrected chi connectivity index (χ1v) is 9.65. The Labute approximate surface area is 159 Å². The number of anilines is 1. The fraction of sp³-hybridized carbons (Fsp3) is 0.278. The Balaban J connectivity index is 1.68. The van der Waals surface area contributed by atoms with E-state index in [1.54, 1.807) is 15.6 Å². The van der Waals surface area contributed by atoms with E-state index in [9.17, 15) is 4.79 Å². The molecular weight excluding hydrogens is 429 g/mol. The summed E-state index contributed by atoms with van der Waals surface area (Å²) in [4.78, 5) is 17.4. The van der Waals surface area contributed by atoms with Gasteiger partial charge in [0.25, 0.3) is 5.91 Å². The Morgan fingerprint density at radius 2 is 2.20 bits per heavy atom. The van der Waals surface area contributed by atoms with Crippen molar-refractivity contribution in [2.24, 2.45) is 0 Å². The van der Waals surface area contributed by atoms with Crippen molar-refractivity contribution in [3.05, 3.63) is 59.0 Å². The SMILES string of the molecule is Cc1cccc2c1N(C)N(C(=O)c1cc3ncc(CI)cn3n1)CC2. The molecular formula is C18H18IN5O. The molecule has 0 unspecified atom stereocenters. The summed E-state index contributed by atoms with van der Waals surface area (Å²) in [6.45, 7) is 2.72. The van der Waals surface area contributed by atoms with Crippen LogP contribution in [0.25, 0.3) is 5.65 Å². The van der Waals surface area contributed by atoms with Gasteiger partial charge in [0.1, 0.15) is 0 Å². The minimum absolute atomic E-state index is 0.0991. The molecule has 2 aromatic heterocycles. The summed E-state index contributed by atoms with van der Waals surface area (Å²) in [7, 11) is 1.94. The zero-order chi connectivity index (χ0) is 17.6. The van der Waals surface area contributed by atoms with Crippen LogP contribution in [0.3, 0.4) is 0 Å². The molecule has 0 N–H and O–H groups in total. The summed E-state index contributed by atoms with van der Waals surface area (Å²) < 4.78 is 2.54. The van der Waals surface area contributed by atoms with Gasteiger partial charge in [-0.2, -0.15) is 5.10 Å². The molecule has 1 amide bonds. The van der Waals surface area contributed by atoms with Crippen LogP contribution in [0.4, 0.5) is 5.69 Å². The number of hydrogen-bond donors (Lipinski definition) is 0. The van der Waals surface area contributed by atoms with Crippen LogP contribution in [0.5, 0.6) is 0 Å². The maximum Gasteiger partial charge on any atom is 0.292 e. The van der Waals surface area contributed by atoms with Crippen LogP contribution in [0.2, 0.25) is 0 Å². The van der Waals surface area contributed by atoms with E-state index < -0.39 is 0 Å². The van der Waals surface area contributed by atoms with Crippen LogP contribution < -0.4 is 5.01 Å². The van der Waals surface area contributed by atoms with Gasteiger partial charge in [-0.3, -0.25) is 9.80 Å². The van der Waals surface area contributed by atoms with Gasteiger partial charge in [0.2, 0.25) is 0 Å². The molecule has 0 spiro atoms. The second-order valence-electron chi connectivity index (χ2n) is 6.21. The number of carbonyl (C=O) groups is 1. The highest BCUT2D eigenvalue weighted by molar-refractivity contribution is 14.1. The number of amides is 1. The number of hydrazine groups is 1. The molecule has 0 saturated carbocycles. The zero-order valence-corrected chi connectivity index (χ0v) is 16.3. The van der Waals surface area contributed by atoms with Gasteiger partial charge in [0.15, 0.2) is 11.3 Å². The Hall–Kier alpha value is -2.16. The van der Waals surface area contributed by atoms with Crippen molar-refractivity contribution in [2.75, 3.05) is 18.6 Å². The van der Waals surface area contributed by atoms with Crippen LogP contribution >= 0.6 is 22.6 Å². The number of aromatic nitrogens is 3. The highest BCUT2D eigenvalue weighted by Gasteiger charge is 2.28. The van der Waals surface area contributed by atoms with Crippen molar-refractivity contribution in [3.63, 3.8) is 0 Å². The third-order valence-corrected chi connectivity index (χ3v) is 5.46. The summed E-state index contributed by atoms with van der Waals surface area (Å²) >= 11 is 2.28. The molecule has 0 atom stereocenters. The molecule has 0 bridgehead atoms. The summed E-state index contributed by atoms with van der Waals surface area (Å²) in [6.07, 6.45) is 4.59. The largest absolute Gasteiger partial charge is 0.292 e. The van der Waals surface area contributed by atoms with Crippen molar-refractivity contribution >= 4 is 39.8 Å². The first kappa shape index (κ1) is 16.3. The predicted octanol–water partition coefficient (Wildman–Crippen LogP) is 3.02. The van der Waals surface area contributed by atoms with Crippen LogP contribution in [-0.2, 0) is 10.8 Å². The van der Waals surface area contributed by atoms with Gasteiger partial charge in [0.05, 0.1) is 5.69 Å². The molecule has 4 rings (SSSR count). The van der Waals surface area contributed by atoms with Gasteiger partial charge < -0.3 is 0 Å². The quantitative estimate of drug-likeness (QED) is 0.448. The number of carbonyl (C=O) groups excluding carboxylic acids is 1. The lowest BCUT2D eigenvalue weighted by molar-refractivity contribution is 0.0732. The highest BCUT2D eigenvalue weighted by atomic mass is 127. The molecule has 0 aliphatic carbocycles. The van der Waals surface area contributed by atoms with E-state index in [1.165, 1.54) is 11.1 Å². The zero-order valence-electron chi connectivity index (χ0n) is 14.1. The normalized spacial score (nSPS) is 14.0. The number of fused-ring (bicyclic) bond motifs is 2. The van der Waals surface area contributed by atoms with Crippen molar-refractivity contribution in [1.29, 1.82) is 0 Å². The van der Waals surface area contributed by atoms with Gasteiger partial charge in [-0.25, -0.2) is 14.5 Å². The molecule has 3 aromatic rings. The predicted molar refractivity (Wildman–Crippen MR) is 105 cm³/mol. The average molecular weight is 447 g/mol. The molecule has 1 aliphatic rings. The van der Waals surface area contributed by atoms with Gasteiger partial charge >= 0.3 is 0 Å². The van der Waals surface area contributed by atoms with Gasteiger partial charge in [-0.15, -0.1) is 0 Å². The average Bonchev–Trinajstić information content (AvgIpc) is 3.04. The Morgan fingerprint density at radius 3 is 3.00 bits per heavy atom. The third kappa shape index (κ3) is 2.76. The number of para-hydroxylation sites is 1. The molecule has 7 heteroatoms. The smallest absolute Gasteiger partial charge is 0.285 e. The number of benzene rings is 1. The lowest BCUT2D eigenvalue weighted by atomic mass is 10.0. The first-order chi connectivity index (χ1) is 12.1. The van der Waals surface area contributed by atoms with Crippen molar-refractivity contribution in [1.82, 2.24) is 19.6 Å². The lowest BCUT2D eigenvalue weighted by Gasteiger charge is -2.39. The minimum Gasteiger partial charge on any atom is -0.285 e. The first-order valence-electron chi connectivity index (χ1n) is 8.13. The number of hydrogen-bond acceptors (Lipinski definition) is 4. The van der Waals surface area contributed by atoms with Crippen LogP contribution in [0.15, 0.2) is 36.7 Å². The summed E-state index contributed by atoms with van der Waals surface area (Å²) in [5.41, 5.74) is 5.73. The second kappa shape index (κ2) is 6.29. The third-order valence-electron chi connectivity index (χ3n) is 4.57. The Kier molecular flexibility index (Phi) is 4.10. The molecule has 6 nitrogen and oxygen atoms in total. The second-order valence-corrected chi connectivity index (χ2v) is 6.98. The number of alkyl halides is 1. The van der Waals surface area contributed by atoms with Gasteiger partial charge in [-0.05, 0) is 30.0 Å². The number of aryl methyl sites for hydroxylation is 1. The molecule has 1 aliphatic heterocycles. The van der Waals surface area contributed by atoms with E-state index in [4.69, 9.17) is 0 Å². The van der Waals surface area contributed by atoms with E-state index in [0.29, 0.717) is 17.9 Å². The lowest BCUT2D eigenvalue weighted by Crippen LogP contribution is -2.49. The molecule has 0 fully saturated rings. The summed E-state index contributed by atoms with van der Waals surface area (Å²) in [5, 5.41) is 8.15. The number of halogens is 1. The van der Waals surface area contributed by atoms with E-state index in [-0.39, 0.29) is 5.91 Å².